The molecule has 2 aliphatic rings. The summed E-state index contributed by atoms with van der Waals surface area (Å²) >= 11 is 0. The molecule has 0 aliphatic carbocycles. The molecule has 0 unspecified atom stereocenters. The third-order valence-corrected chi connectivity index (χ3v) is 4.81. The molecule has 0 saturated carbocycles. The summed E-state index contributed by atoms with van der Waals surface area (Å²) in [7, 11) is 0. The molecule has 128 valence electrons. The molecule has 7 nitrogen and oxygen atoms in total. The van der Waals surface area contributed by atoms with Gasteiger partial charge in [0, 0.05) is 38.5 Å². The molecule has 0 N–H and O–H groups in total. The van der Waals surface area contributed by atoms with E-state index in [1.54, 1.807) is 0 Å². The molecule has 1 aromatic rings. The minimum Gasteiger partial charge on any atom is -0.461 e. The first-order valence-corrected chi connectivity index (χ1v) is 8.47. The molecule has 3 heterocycles. The van der Waals surface area contributed by atoms with Crippen molar-refractivity contribution in [2.75, 3.05) is 26.2 Å². The van der Waals surface area contributed by atoms with Crippen LogP contribution in [0.15, 0.2) is 4.52 Å². The molecule has 0 spiro atoms. The van der Waals surface area contributed by atoms with Crippen molar-refractivity contribution < 1.29 is 14.1 Å². The molecule has 2 saturated heterocycles. The van der Waals surface area contributed by atoms with Gasteiger partial charge in [-0.1, -0.05) is 19.0 Å². The lowest BCUT2D eigenvalue weighted by Gasteiger charge is -2.38. The lowest BCUT2D eigenvalue weighted by atomic mass is 10.1. The Morgan fingerprint density at radius 1 is 1.17 bits per heavy atom. The van der Waals surface area contributed by atoms with E-state index in [1.165, 1.54) is 0 Å². The molecule has 0 aromatic carbocycles. The molecule has 0 radical (unpaired) electrons. The fraction of sp³-hybridized carbons (Fsp3) is 0.812. The number of carbonyl (C=O) groups excluding carboxylic acids is 1. The van der Waals surface area contributed by atoms with E-state index in [0.29, 0.717) is 5.89 Å². The summed E-state index contributed by atoms with van der Waals surface area (Å²) in [6.45, 7) is 11.7. The lowest BCUT2D eigenvalue weighted by molar-refractivity contribution is -0.145. The summed E-state index contributed by atoms with van der Waals surface area (Å²) in [4.78, 5) is 20.9. The van der Waals surface area contributed by atoms with E-state index in [-0.39, 0.29) is 30.1 Å². The van der Waals surface area contributed by atoms with Crippen molar-refractivity contribution in [1.82, 2.24) is 19.9 Å². The number of nitrogens with zero attached hydrogens (tertiary/aromatic N) is 4. The minimum absolute atomic E-state index is 0.0392. The van der Waals surface area contributed by atoms with Crippen LogP contribution in [0.2, 0.25) is 0 Å². The van der Waals surface area contributed by atoms with Gasteiger partial charge in [-0.25, -0.2) is 0 Å². The number of cyclic esters (lactones) is 1. The first kappa shape index (κ1) is 16.4. The van der Waals surface area contributed by atoms with E-state index in [0.717, 1.165) is 38.4 Å². The Hall–Kier alpha value is -1.47. The number of esters is 1. The van der Waals surface area contributed by atoms with Crippen LogP contribution in [0.5, 0.6) is 0 Å². The summed E-state index contributed by atoms with van der Waals surface area (Å²) in [6, 6.07) is 0.0324. The zero-order valence-corrected chi connectivity index (χ0v) is 14.4. The van der Waals surface area contributed by atoms with Gasteiger partial charge in [-0.2, -0.15) is 4.98 Å². The van der Waals surface area contributed by atoms with E-state index in [4.69, 9.17) is 9.26 Å². The molecule has 3 rings (SSSR count). The van der Waals surface area contributed by atoms with Crippen molar-refractivity contribution in [1.29, 1.82) is 0 Å². The fourth-order valence-electron chi connectivity index (χ4n) is 3.28. The van der Waals surface area contributed by atoms with Gasteiger partial charge in [0.15, 0.2) is 5.82 Å². The highest BCUT2D eigenvalue weighted by Crippen LogP contribution is 2.25. The molecule has 2 fully saturated rings. The van der Waals surface area contributed by atoms with Gasteiger partial charge < -0.3 is 9.26 Å². The summed E-state index contributed by atoms with van der Waals surface area (Å²) < 4.78 is 10.7. The Kier molecular flexibility index (Phi) is 4.68. The van der Waals surface area contributed by atoms with Crippen LogP contribution < -0.4 is 0 Å². The maximum Gasteiger partial charge on any atom is 0.323 e. The van der Waals surface area contributed by atoms with Crippen molar-refractivity contribution in [2.45, 2.75) is 58.2 Å². The Bertz CT molecular complexity index is 551. The van der Waals surface area contributed by atoms with Crippen LogP contribution >= 0.6 is 0 Å². The molecule has 2 aliphatic heterocycles. The maximum atomic E-state index is 11.9. The van der Waals surface area contributed by atoms with E-state index in [1.807, 2.05) is 6.92 Å². The zero-order valence-electron chi connectivity index (χ0n) is 14.4. The largest absolute Gasteiger partial charge is 0.461 e. The van der Waals surface area contributed by atoms with Gasteiger partial charge in [-0.3, -0.25) is 14.6 Å². The normalized spacial score (nSPS) is 28.3. The van der Waals surface area contributed by atoms with E-state index in [9.17, 15) is 4.79 Å². The van der Waals surface area contributed by atoms with Crippen molar-refractivity contribution in [3.05, 3.63) is 11.7 Å². The van der Waals surface area contributed by atoms with Crippen molar-refractivity contribution >= 4 is 5.97 Å². The molecule has 23 heavy (non-hydrogen) atoms. The molecular formula is C16H26N4O3. The summed E-state index contributed by atoms with van der Waals surface area (Å²) in [5.41, 5.74) is 0. The Morgan fingerprint density at radius 3 is 2.39 bits per heavy atom. The van der Waals surface area contributed by atoms with Crippen LogP contribution in [0, 0.1) is 0 Å². The number of hydrogen-bond acceptors (Lipinski definition) is 7. The van der Waals surface area contributed by atoms with Gasteiger partial charge in [0.25, 0.3) is 0 Å². The third kappa shape index (κ3) is 3.40. The Morgan fingerprint density at radius 2 is 1.87 bits per heavy atom. The molecule has 7 heteroatoms. The number of carbonyl (C=O) groups is 1. The van der Waals surface area contributed by atoms with Crippen LogP contribution in [0.4, 0.5) is 0 Å². The number of rotatable bonds is 4. The van der Waals surface area contributed by atoms with E-state index >= 15 is 0 Å². The van der Waals surface area contributed by atoms with Crippen LogP contribution in [0.25, 0.3) is 0 Å². The SMILES string of the molecule is CC(C)c1noc([C@@H](C)N2CCN([C@H]3C[C@@H](C)OC3=O)CC2)n1. The Balaban J connectivity index is 1.56. The smallest absolute Gasteiger partial charge is 0.323 e. The van der Waals surface area contributed by atoms with Crippen molar-refractivity contribution in [3.63, 3.8) is 0 Å². The van der Waals surface area contributed by atoms with Gasteiger partial charge >= 0.3 is 5.97 Å². The Labute approximate surface area is 137 Å². The molecule has 3 atom stereocenters. The highest BCUT2D eigenvalue weighted by molar-refractivity contribution is 5.78. The van der Waals surface area contributed by atoms with Crippen LogP contribution in [-0.2, 0) is 9.53 Å². The molecule has 0 amide bonds. The average Bonchev–Trinajstić information content (AvgIpc) is 3.13. The molecule has 1 aromatic heterocycles. The topological polar surface area (TPSA) is 71.7 Å². The second-order valence-corrected chi connectivity index (χ2v) is 6.89. The number of piperazine rings is 1. The van der Waals surface area contributed by atoms with Gasteiger partial charge in [-0.15, -0.1) is 0 Å². The van der Waals surface area contributed by atoms with Crippen LogP contribution in [0.3, 0.4) is 0 Å². The highest BCUT2D eigenvalue weighted by atomic mass is 16.6. The van der Waals surface area contributed by atoms with Crippen molar-refractivity contribution in [2.24, 2.45) is 0 Å². The van der Waals surface area contributed by atoms with E-state index in [2.05, 4.69) is 40.7 Å². The summed E-state index contributed by atoms with van der Waals surface area (Å²) in [5.74, 6) is 1.63. The van der Waals surface area contributed by atoms with Crippen LogP contribution in [-0.4, -0.2) is 64.2 Å². The lowest BCUT2D eigenvalue weighted by Crippen LogP contribution is -2.52. The number of hydrogen-bond donors (Lipinski definition) is 0. The quantitative estimate of drug-likeness (QED) is 0.779. The summed E-state index contributed by atoms with van der Waals surface area (Å²) in [6.07, 6.45) is 0.841. The van der Waals surface area contributed by atoms with Gasteiger partial charge in [0.05, 0.1) is 6.04 Å². The zero-order chi connectivity index (χ0) is 16.6. The van der Waals surface area contributed by atoms with Gasteiger partial charge in [0.1, 0.15) is 12.1 Å². The average molecular weight is 322 g/mol. The number of ether oxygens (including phenoxy) is 1. The first-order valence-electron chi connectivity index (χ1n) is 8.47. The predicted molar refractivity (Wildman–Crippen MR) is 83.9 cm³/mol. The van der Waals surface area contributed by atoms with Crippen LogP contribution in [0.1, 0.15) is 57.8 Å². The van der Waals surface area contributed by atoms with Gasteiger partial charge in [0.2, 0.25) is 5.89 Å². The molecule has 0 bridgehead atoms. The van der Waals surface area contributed by atoms with Crippen molar-refractivity contribution in [3.8, 4) is 0 Å². The van der Waals surface area contributed by atoms with Gasteiger partial charge in [-0.05, 0) is 13.8 Å². The highest BCUT2D eigenvalue weighted by Gasteiger charge is 2.38. The first-order chi connectivity index (χ1) is 11.0. The maximum absolute atomic E-state index is 11.9. The number of aromatic nitrogens is 2. The second-order valence-electron chi connectivity index (χ2n) is 6.89. The minimum atomic E-state index is -0.0718. The fourth-order valence-corrected chi connectivity index (χ4v) is 3.28. The monoisotopic (exact) mass is 322 g/mol. The molecular weight excluding hydrogens is 296 g/mol. The summed E-state index contributed by atoms with van der Waals surface area (Å²) in [5, 5.41) is 4.04. The van der Waals surface area contributed by atoms with E-state index < -0.39 is 0 Å². The third-order valence-electron chi connectivity index (χ3n) is 4.81. The second kappa shape index (κ2) is 6.57. The predicted octanol–water partition coefficient (Wildman–Crippen LogP) is 1.58. The standard InChI is InChI=1S/C16H26N4O3/c1-10(2)14-17-15(23-18-14)12(4)19-5-7-20(8-6-19)13-9-11(3)22-16(13)21/h10-13H,5-9H2,1-4H3/t11-,12-,13+/m1/s1.